The van der Waals surface area contributed by atoms with E-state index in [9.17, 15) is 9.59 Å². The molecule has 0 aromatic carbocycles. The van der Waals surface area contributed by atoms with Crippen molar-refractivity contribution in [2.24, 2.45) is 11.8 Å². The summed E-state index contributed by atoms with van der Waals surface area (Å²) < 4.78 is 22.0. The topological polar surface area (TPSA) is 71.1 Å². The van der Waals surface area contributed by atoms with Crippen molar-refractivity contribution in [1.82, 2.24) is 0 Å². The number of carbonyl (C=O) groups excluding carboxylic acids is 2. The Morgan fingerprint density at radius 1 is 0.533 bits per heavy atom. The lowest BCUT2D eigenvalue weighted by Crippen LogP contribution is -2.28. The second-order valence-corrected chi connectivity index (χ2v) is 9.42. The molecule has 0 heterocycles. The maximum absolute atomic E-state index is 11.9. The minimum atomic E-state index is -0.131. The number of hydrogen-bond donors (Lipinski definition) is 0. The number of ether oxygens (including phenoxy) is 4. The van der Waals surface area contributed by atoms with E-state index in [-0.39, 0.29) is 37.7 Å². The van der Waals surface area contributed by atoms with Crippen molar-refractivity contribution in [2.75, 3.05) is 13.6 Å². The van der Waals surface area contributed by atoms with Crippen LogP contribution in [0.25, 0.3) is 0 Å². The van der Waals surface area contributed by atoms with Crippen molar-refractivity contribution in [3.63, 3.8) is 0 Å². The number of hydrogen-bond acceptors (Lipinski definition) is 6. The second-order valence-electron chi connectivity index (χ2n) is 9.42. The highest BCUT2D eigenvalue weighted by atomic mass is 16.7. The molecule has 3 aliphatic rings. The van der Waals surface area contributed by atoms with Gasteiger partial charge >= 0.3 is 11.9 Å². The van der Waals surface area contributed by atoms with Gasteiger partial charge in [0.05, 0.1) is 12.2 Å². The van der Waals surface area contributed by atoms with Crippen LogP contribution in [0.2, 0.25) is 0 Å². The Balaban J connectivity index is 1.17. The Labute approximate surface area is 181 Å². The summed E-state index contributed by atoms with van der Waals surface area (Å²) in [6, 6.07) is 0. The third-order valence-electron chi connectivity index (χ3n) is 7.03. The van der Waals surface area contributed by atoms with Crippen molar-refractivity contribution in [2.45, 2.75) is 115 Å². The maximum Gasteiger partial charge on any atom is 0.308 e. The summed E-state index contributed by atoms with van der Waals surface area (Å²) >= 11 is 0. The van der Waals surface area contributed by atoms with Crippen molar-refractivity contribution < 1.29 is 28.5 Å². The molecule has 0 amide bonds. The predicted octanol–water partition coefficient (Wildman–Crippen LogP) is 5.27. The molecular weight excluding hydrogens is 384 g/mol. The molecule has 3 fully saturated rings. The molecule has 0 N–H and O–H groups in total. The molecule has 0 bridgehead atoms. The quantitative estimate of drug-likeness (QED) is 0.351. The summed E-state index contributed by atoms with van der Waals surface area (Å²) in [5, 5.41) is 0. The van der Waals surface area contributed by atoms with Crippen LogP contribution in [0.5, 0.6) is 0 Å². The Kier molecular flexibility index (Phi) is 10.4. The Bertz CT molecular complexity index is 456. The standard InChI is InChI=1S/C24H40O6/c25-23(15-19-7-3-1-4-8-19)29-17-27-21-11-13-22(14-12-21)28-18-30-24(26)16-20-9-5-2-6-10-20/h19-22H,1-18H2. The van der Waals surface area contributed by atoms with Crippen molar-refractivity contribution in [1.29, 1.82) is 0 Å². The van der Waals surface area contributed by atoms with E-state index in [1.165, 1.54) is 38.5 Å². The molecule has 0 aromatic heterocycles. The van der Waals surface area contributed by atoms with Crippen LogP contribution in [0.1, 0.15) is 103 Å². The fourth-order valence-electron chi connectivity index (χ4n) is 5.13. The zero-order valence-corrected chi connectivity index (χ0v) is 18.5. The lowest BCUT2D eigenvalue weighted by atomic mass is 9.87. The molecule has 3 aliphatic carbocycles. The molecule has 0 atom stereocenters. The van der Waals surface area contributed by atoms with Gasteiger partial charge in [0.15, 0.2) is 13.6 Å². The summed E-state index contributed by atoms with van der Waals surface area (Å²) in [5.41, 5.74) is 0. The van der Waals surface area contributed by atoms with E-state index in [2.05, 4.69) is 0 Å². The highest BCUT2D eigenvalue weighted by molar-refractivity contribution is 5.69. The average molecular weight is 425 g/mol. The van der Waals surface area contributed by atoms with E-state index in [1.54, 1.807) is 0 Å². The number of carbonyl (C=O) groups is 2. The molecule has 0 unspecified atom stereocenters. The van der Waals surface area contributed by atoms with Crippen LogP contribution in [0.4, 0.5) is 0 Å². The van der Waals surface area contributed by atoms with E-state index in [0.29, 0.717) is 24.7 Å². The van der Waals surface area contributed by atoms with Gasteiger partial charge in [0.25, 0.3) is 0 Å². The monoisotopic (exact) mass is 424 g/mol. The van der Waals surface area contributed by atoms with Crippen LogP contribution in [0.3, 0.4) is 0 Å². The van der Waals surface area contributed by atoms with Crippen molar-refractivity contribution in [3.8, 4) is 0 Å². The molecule has 172 valence electrons. The normalized spacial score (nSPS) is 26.3. The summed E-state index contributed by atoms with van der Waals surface area (Å²) in [4.78, 5) is 23.9. The molecule has 0 aliphatic heterocycles. The van der Waals surface area contributed by atoms with Crippen LogP contribution < -0.4 is 0 Å². The third-order valence-corrected chi connectivity index (χ3v) is 7.03. The van der Waals surface area contributed by atoms with Crippen LogP contribution in [-0.4, -0.2) is 37.7 Å². The lowest BCUT2D eigenvalue weighted by Gasteiger charge is -2.28. The van der Waals surface area contributed by atoms with E-state index < -0.39 is 0 Å². The second kappa shape index (κ2) is 13.3. The van der Waals surface area contributed by atoms with Crippen LogP contribution >= 0.6 is 0 Å². The van der Waals surface area contributed by atoms with Gasteiger partial charge in [-0.25, -0.2) is 0 Å². The Morgan fingerprint density at radius 3 is 1.27 bits per heavy atom. The molecule has 30 heavy (non-hydrogen) atoms. The lowest BCUT2D eigenvalue weighted by molar-refractivity contribution is -0.172. The van der Waals surface area contributed by atoms with E-state index in [0.717, 1.165) is 51.4 Å². The highest BCUT2D eigenvalue weighted by Crippen LogP contribution is 2.28. The molecule has 0 radical (unpaired) electrons. The summed E-state index contributed by atoms with van der Waals surface area (Å²) in [5.74, 6) is 0.731. The average Bonchev–Trinajstić information content (AvgIpc) is 2.76. The first kappa shape index (κ1) is 23.5. The third kappa shape index (κ3) is 8.93. The fraction of sp³-hybridized carbons (Fsp3) is 0.917. The molecule has 0 aromatic rings. The van der Waals surface area contributed by atoms with Crippen molar-refractivity contribution in [3.05, 3.63) is 0 Å². The summed E-state index contributed by atoms with van der Waals surface area (Å²) in [7, 11) is 0. The van der Waals surface area contributed by atoms with E-state index in [4.69, 9.17) is 18.9 Å². The van der Waals surface area contributed by atoms with Gasteiger partial charge in [-0.15, -0.1) is 0 Å². The molecule has 0 saturated heterocycles. The molecule has 3 rings (SSSR count). The minimum absolute atomic E-state index is 0.0561. The van der Waals surface area contributed by atoms with Gasteiger partial charge < -0.3 is 18.9 Å². The van der Waals surface area contributed by atoms with Gasteiger partial charge in [-0.05, 0) is 63.2 Å². The van der Waals surface area contributed by atoms with Gasteiger partial charge in [-0.2, -0.15) is 0 Å². The number of rotatable bonds is 10. The van der Waals surface area contributed by atoms with Gasteiger partial charge in [0.2, 0.25) is 0 Å². The Morgan fingerprint density at radius 2 is 0.900 bits per heavy atom. The smallest absolute Gasteiger partial charge is 0.308 e. The zero-order valence-electron chi connectivity index (χ0n) is 18.5. The molecule has 0 spiro atoms. The van der Waals surface area contributed by atoms with Crippen LogP contribution in [-0.2, 0) is 28.5 Å². The zero-order chi connectivity index (χ0) is 21.0. The van der Waals surface area contributed by atoms with Crippen LogP contribution in [0.15, 0.2) is 0 Å². The first-order valence-corrected chi connectivity index (χ1v) is 12.2. The molecule has 6 nitrogen and oxygen atoms in total. The Hall–Kier alpha value is -1.14. The molecule has 3 saturated carbocycles. The summed E-state index contributed by atoms with van der Waals surface area (Å²) in [6.45, 7) is 0.112. The number of esters is 2. The van der Waals surface area contributed by atoms with Gasteiger partial charge in [0, 0.05) is 12.8 Å². The fourth-order valence-corrected chi connectivity index (χ4v) is 5.13. The van der Waals surface area contributed by atoms with Gasteiger partial charge in [-0.3, -0.25) is 9.59 Å². The minimum Gasteiger partial charge on any atom is -0.438 e. The van der Waals surface area contributed by atoms with Crippen LogP contribution in [0, 0.1) is 11.8 Å². The first-order chi connectivity index (χ1) is 14.7. The van der Waals surface area contributed by atoms with Crippen molar-refractivity contribution >= 4 is 11.9 Å². The molecular formula is C24H40O6. The molecule has 6 heteroatoms. The van der Waals surface area contributed by atoms with E-state index in [1.807, 2.05) is 0 Å². The summed E-state index contributed by atoms with van der Waals surface area (Å²) in [6.07, 6.45) is 16.9. The largest absolute Gasteiger partial charge is 0.438 e. The maximum atomic E-state index is 11.9. The van der Waals surface area contributed by atoms with Gasteiger partial charge in [0.1, 0.15) is 0 Å². The predicted molar refractivity (Wildman–Crippen MR) is 113 cm³/mol. The van der Waals surface area contributed by atoms with Gasteiger partial charge in [-0.1, -0.05) is 38.5 Å². The first-order valence-electron chi connectivity index (χ1n) is 12.2. The SMILES string of the molecule is O=C(CC1CCCCC1)OCOC1CCC(OCOC(=O)CC2CCCCC2)CC1. The van der Waals surface area contributed by atoms with E-state index >= 15 is 0 Å². The highest BCUT2D eigenvalue weighted by Gasteiger charge is 2.24.